The van der Waals surface area contributed by atoms with E-state index in [1.54, 1.807) is 0 Å². The van der Waals surface area contributed by atoms with Crippen LogP contribution in [0.1, 0.15) is 5.69 Å². The van der Waals surface area contributed by atoms with Crippen LogP contribution in [0.4, 0.5) is 0 Å². The number of aromatic nitrogens is 1. The molecule has 3 nitrogen and oxygen atoms in total. The molecule has 12 heavy (non-hydrogen) atoms. The highest BCUT2D eigenvalue weighted by Gasteiger charge is 1.96. The van der Waals surface area contributed by atoms with Gasteiger partial charge in [0.05, 0.1) is 6.61 Å². The third kappa shape index (κ3) is 2.62. The second-order valence-electron chi connectivity index (χ2n) is 2.32. The molecule has 0 aliphatic rings. The summed E-state index contributed by atoms with van der Waals surface area (Å²) >= 11 is 0. The third-order valence-electron chi connectivity index (χ3n) is 1.44. The first-order chi connectivity index (χ1) is 5.83. The quantitative estimate of drug-likeness (QED) is 0.539. The molecule has 0 amide bonds. The molecule has 0 radical (unpaired) electrons. The van der Waals surface area contributed by atoms with E-state index in [-0.39, 0.29) is 5.97 Å². The summed E-state index contributed by atoms with van der Waals surface area (Å²) in [6.45, 7) is 3.69. The lowest BCUT2D eigenvalue weighted by Crippen LogP contribution is -2.04. The Morgan fingerprint density at radius 2 is 2.58 bits per heavy atom. The van der Waals surface area contributed by atoms with Gasteiger partial charge in [-0.15, -0.1) is 0 Å². The van der Waals surface area contributed by atoms with Gasteiger partial charge in [-0.05, 0) is 12.1 Å². The smallest absolute Gasteiger partial charge is 0.330 e. The predicted molar refractivity (Wildman–Crippen MR) is 45.7 cm³/mol. The third-order valence-corrected chi connectivity index (χ3v) is 1.44. The average Bonchev–Trinajstić information content (AvgIpc) is 2.57. The van der Waals surface area contributed by atoms with Crippen molar-refractivity contribution in [1.29, 1.82) is 0 Å². The molecular formula is C9H11NO2. The van der Waals surface area contributed by atoms with Gasteiger partial charge in [0.1, 0.15) is 0 Å². The van der Waals surface area contributed by atoms with Crippen LogP contribution >= 0.6 is 0 Å². The zero-order chi connectivity index (χ0) is 8.81. The first-order valence-electron chi connectivity index (χ1n) is 3.74. The number of carbonyl (C=O) groups excluding carboxylic acids is 1. The summed E-state index contributed by atoms with van der Waals surface area (Å²) in [5.74, 6) is -0.374. The Morgan fingerprint density at radius 3 is 3.17 bits per heavy atom. The number of H-pyrrole nitrogens is 1. The first kappa shape index (κ1) is 8.59. The number of esters is 1. The van der Waals surface area contributed by atoms with Gasteiger partial charge in [0, 0.05) is 24.4 Å². The van der Waals surface area contributed by atoms with Gasteiger partial charge < -0.3 is 9.72 Å². The second kappa shape index (κ2) is 4.38. The van der Waals surface area contributed by atoms with Gasteiger partial charge >= 0.3 is 5.97 Å². The molecule has 64 valence electrons. The van der Waals surface area contributed by atoms with Crippen LogP contribution < -0.4 is 0 Å². The Hall–Kier alpha value is -1.51. The zero-order valence-corrected chi connectivity index (χ0v) is 6.75. The molecule has 3 heteroatoms. The highest BCUT2D eigenvalue weighted by molar-refractivity contribution is 5.81. The van der Waals surface area contributed by atoms with Gasteiger partial charge in [-0.3, -0.25) is 0 Å². The highest BCUT2D eigenvalue weighted by Crippen LogP contribution is 1.95. The predicted octanol–water partition coefficient (Wildman–Crippen LogP) is 1.29. The van der Waals surface area contributed by atoms with Crippen molar-refractivity contribution in [2.45, 2.75) is 6.42 Å². The zero-order valence-electron chi connectivity index (χ0n) is 6.75. The molecule has 0 saturated heterocycles. The van der Waals surface area contributed by atoms with E-state index in [1.165, 1.54) is 0 Å². The van der Waals surface area contributed by atoms with E-state index in [1.807, 2.05) is 18.3 Å². The maximum absolute atomic E-state index is 10.6. The molecule has 1 heterocycles. The van der Waals surface area contributed by atoms with E-state index in [9.17, 15) is 4.79 Å². The van der Waals surface area contributed by atoms with Crippen LogP contribution in [-0.2, 0) is 16.0 Å². The molecule has 1 aromatic heterocycles. The molecule has 0 aliphatic heterocycles. The van der Waals surface area contributed by atoms with Gasteiger partial charge in [-0.1, -0.05) is 6.58 Å². The van der Waals surface area contributed by atoms with Crippen molar-refractivity contribution in [2.24, 2.45) is 0 Å². The van der Waals surface area contributed by atoms with Crippen molar-refractivity contribution < 1.29 is 9.53 Å². The largest absolute Gasteiger partial charge is 0.462 e. The van der Waals surface area contributed by atoms with E-state index in [0.29, 0.717) is 13.0 Å². The second-order valence-corrected chi connectivity index (χ2v) is 2.32. The molecule has 0 aliphatic carbocycles. The Bertz CT molecular complexity index is 252. The molecule has 0 fully saturated rings. The summed E-state index contributed by atoms with van der Waals surface area (Å²) < 4.78 is 4.79. The number of carbonyl (C=O) groups is 1. The van der Waals surface area contributed by atoms with Crippen LogP contribution in [0.15, 0.2) is 31.0 Å². The lowest BCUT2D eigenvalue weighted by atomic mass is 10.3. The normalized spacial score (nSPS) is 9.33. The number of aromatic amines is 1. The molecule has 0 atom stereocenters. The number of hydrogen-bond donors (Lipinski definition) is 1. The first-order valence-corrected chi connectivity index (χ1v) is 3.74. The summed E-state index contributed by atoms with van der Waals surface area (Å²) in [5.41, 5.74) is 1.06. The number of rotatable bonds is 4. The van der Waals surface area contributed by atoms with Crippen LogP contribution in [-0.4, -0.2) is 17.6 Å². The Morgan fingerprint density at radius 1 is 1.75 bits per heavy atom. The summed E-state index contributed by atoms with van der Waals surface area (Å²) in [4.78, 5) is 13.6. The van der Waals surface area contributed by atoms with E-state index >= 15 is 0 Å². The van der Waals surface area contributed by atoms with Gasteiger partial charge in [-0.2, -0.15) is 0 Å². The van der Waals surface area contributed by atoms with Crippen molar-refractivity contribution in [3.8, 4) is 0 Å². The van der Waals surface area contributed by atoms with Crippen molar-refractivity contribution in [2.75, 3.05) is 6.61 Å². The van der Waals surface area contributed by atoms with Gasteiger partial charge in [-0.25, -0.2) is 4.79 Å². The number of ether oxygens (including phenoxy) is 1. The monoisotopic (exact) mass is 165 g/mol. The van der Waals surface area contributed by atoms with Crippen LogP contribution in [0.5, 0.6) is 0 Å². The molecule has 0 spiro atoms. The van der Waals surface area contributed by atoms with E-state index in [4.69, 9.17) is 4.74 Å². The lowest BCUT2D eigenvalue weighted by molar-refractivity contribution is -0.137. The van der Waals surface area contributed by atoms with Crippen molar-refractivity contribution in [3.63, 3.8) is 0 Å². The summed E-state index contributed by atoms with van der Waals surface area (Å²) in [7, 11) is 0. The SMILES string of the molecule is C=CC(=O)OCCc1ccc[nH]1. The van der Waals surface area contributed by atoms with Crippen LogP contribution in [0.3, 0.4) is 0 Å². The van der Waals surface area contributed by atoms with Gasteiger partial charge in [0.15, 0.2) is 0 Å². The van der Waals surface area contributed by atoms with Crippen LogP contribution in [0.2, 0.25) is 0 Å². The molecule has 0 saturated carbocycles. The molecule has 0 aromatic carbocycles. The van der Waals surface area contributed by atoms with E-state index < -0.39 is 0 Å². The fourth-order valence-corrected chi connectivity index (χ4v) is 0.844. The Labute approximate surface area is 71.1 Å². The van der Waals surface area contributed by atoms with Gasteiger partial charge in [0.25, 0.3) is 0 Å². The molecule has 1 aromatic rings. The average molecular weight is 165 g/mol. The fraction of sp³-hybridized carbons (Fsp3) is 0.222. The Kier molecular flexibility index (Phi) is 3.14. The standard InChI is InChI=1S/C9H11NO2/c1-2-9(11)12-7-5-8-4-3-6-10-8/h2-4,6,10H,1,5,7H2. The number of nitrogens with one attached hydrogen (secondary N) is 1. The highest BCUT2D eigenvalue weighted by atomic mass is 16.5. The Balaban J connectivity index is 2.19. The van der Waals surface area contributed by atoms with Crippen molar-refractivity contribution in [3.05, 3.63) is 36.7 Å². The minimum Gasteiger partial charge on any atom is -0.462 e. The maximum atomic E-state index is 10.6. The van der Waals surface area contributed by atoms with Crippen molar-refractivity contribution >= 4 is 5.97 Å². The fourth-order valence-electron chi connectivity index (χ4n) is 0.844. The molecule has 0 bridgehead atoms. The maximum Gasteiger partial charge on any atom is 0.330 e. The summed E-state index contributed by atoms with van der Waals surface area (Å²) in [5, 5.41) is 0. The van der Waals surface area contributed by atoms with Gasteiger partial charge in [0.2, 0.25) is 0 Å². The van der Waals surface area contributed by atoms with Crippen molar-refractivity contribution in [1.82, 2.24) is 4.98 Å². The summed E-state index contributed by atoms with van der Waals surface area (Å²) in [6, 6.07) is 3.85. The molecular weight excluding hydrogens is 154 g/mol. The minimum atomic E-state index is -0.374. The van der Waals surface area contributed by atoms with Crippen LogP contribution in [0.25, 0.3) is 0 Å². The van der Waals surface area contributed by atoms with Crippen LogP contribution in [0, 0.1) is 0 Å². The van der Waals surface area contributed by atoms with E-state index in [0.717, 1.165) is 11.8 Å². The molecule has 1 rings (SSSR count). The molecule has 1 N–H and O–H groups in total. The summed E-state index contributed by atoms with van der Waals surface area (Å²) in [6.07, 6.45) is 3.71. The number of hydrogen-bond acceptors (Lipinski definition) is 2. The lowest BCUT2D eigenvalue weighted by Gasteiger charge is -1.99. The molecule has 0 unspecified atom stereocenters. The van der Waals surface area contributed by atoms with E-state index in [2.05, 4.69) is 11.6 Å². The topological polar surface area (TPSA) is 42.1 Å². The minimum absolute atomic E-state index is 0.374.